The third kappa shape index (κ3) is 9.86. The van der Waals surface area contributed by atoms with Crippen LogP contribution in [0.15, 0.2) is 18.2 Å². The topological polar surface area (TPSA) is 60.7 Å². The molecule has 144 valence electrons. The number of aryl methyl sites for hydroxylation is 1. The van der Waals surface area contributed by atoms with Gasteiger partial charge in [-0.1, -0.05) is 96.1 Å². The number of hydrogen-bond acceptors (Lipinski definition) is 3. The van der Waals surface area contributed by atoms with Gasteiger partial charge in [0.25, 0.3) is 0 Å². The van der Waals surface area contributed by atoms with E-state index in [1.54, 1.807) is 6.07 Å². The molecule has 0 fully saturated rings. The molecule has 0 aromatic heterocycles. The van der Waals surface area contributed by atoms with Crippen molar-refractivity contribution in [2.75, 3.05) is 0 Å². The van der Waals surface area contributed by atoms with Crippen molar-refractivity contribution in [3.63, 3.8) is 0 Å². The molecule has 1 aromatic carbocycles. The number of phenols is 1. The average molecular weight is 351 g/mol. The van der Waals surface area contributed by atoms with E-state index >= 15 is 0 Å². The van der Waals surface area contributed by atoms with Gasteiger partial charge in [-0.3, -0.25) is 0 Å². The SMILES string of the molecule is CCCCCCCCCCCCCCCc1cccc(O)c1C(O)O. The van der Waals surface area contributed by atoms with Crippen molar-refractivity contribution in [1.29, 1.82) is 0 Å². The second-order valence-electron chi connectivity index (χ2n) is 7.22. The van der Waals surface area contributed by atoms with Gasteiger partial charge in [-0.15, -0.1) is 0 Å². The quantitative estimate of drug-likeness (QED) is 0.268. The van der Waals surface area contributed by atoms with Crippen LogP contribution in [0.1, 0.15) is 108 Å². The number of aromatic hydroxyl groups is 1. The molecule has 0 amide bonds. The minimum absolute atomic E-state index is 0.0257. The smallest absolute Gasteiger partial charge is 0.182 e. The molecule has 0 bridgehead atoms. The second kappa shape index (κ2) is 14.1. The summed E-state index contributed by atoms with van der Waals surface area (Å²) in [6.07, 6.45) is 16.3. The summed E-state index contributed by atoms with van der Waals surface area (Å²) in [5, 5.41) is 28.5. The maximum Gasteiger partial charge on any atom is 0.182 e. The minimum atomic E-state index is -1.60. The van der Waals surface area contributed by atoms with Crippen molar-refractivity contribution >= 4 is 0 Å². The third-order valence-corrected chi connectivity index (χ3v) is 4.98. The Bertz CT molecular complexity index is 443. The van der Waals surface area contributed by atoms with Crippen molar-refractivity contribution in [3.8, 4) is 5.75 Å². The van der Waals surface area contributed by atoms with E-state index in [0.29, 0.717) is 0 Å². The zero-order chi connectivity index (χ0) is 18.3. The number of unbranched alkanes of at least 4 members (excludes halogenated alkanes) is 12. The number of phenolic OH excluding ortho intramolecular Hbond substituents is 1. The molecule has 0 unspecified atom stereocenters. The molecule has 1 aromatic rings. The van der Waals surface area contributed by atoms with Gasteiger partial charge >= 0.3 is 0 Å². The van der Waals surface area contributed by atoms with E-state index in [4.69, 9.17) is 0 Å². The molecule has 0 aliphatic rings. The van der Waals surface area contributed by atoms with Gasteiger partial charge in [0.05, 0.1) is 5.56 Å². The molecule has 3 N–H and O–H groups in total. The largest absolute Gasteiger partial charge is 0.507 e. The number of benzene rings is 1. The van der Waals surface area contributed by atoms with Gasteiger partial charge in [0.15, 0.2) is 6.29 Å². The van der Waals surface area contributed by atoms with E-state index < -0.39 is 6.29 Å². The van der Waals surface area contributed by atoms with Crippen LogP contribution in [0.3, 0.4) is 0 Å². The molecule has 0 atom stereocenters. The highest BCUT2D eigenvalue weighted by molar-refractivity contribution is 5.40. The molecule has 0 spiro atoms. The lowest BCUT2D eigenvalue weighted by atomic mass is 9.99. The number of rotatable bonds is 15. The Kier molecular flexibility index (Phi) is 12.4. The summed E-state index contributed by atoms with van der Waals surface area (Å²) in [4.78, 5) is 0. The fraction of sp³-hybridized carbons (Fsp3) is 0.727. The highest BCUT2D eigenvalue weighted by Crippen LogP contribution is 2.27. The summed E-state index contributed by atoms with van der Waals surface area (Å²) < 4.78 is 0. The van der Waals surface area contributed by atoms with Crippen LogP contribution in [0.25, 0.3) is 0 Å². The van der Waals surface area contributed by atoms with E-state index in [2.05, 4.69) is 6.92 Å². The third-order valence-electron chi connectivity index (χ3n) is 4.98. The van der Waals surface area contributed by atoms with E-state index in [1.807, 2.05) is 6.07 Å². The van der Waals surface area contributed by atoms with Gasteiger partial charge < -0.3 is 15.3 Å². The van der Waals surface area contributed by atoms with Crippen LogP contribution in [-0.4, -0.2) is 15.3 Å². The fourth-order valence-corrected chi connectivity index (χ4v) is 3.45. The van der Waals surface area contributed by atoms with Crippen molar-refractivity contribution < 1.29 is 15.3 Å². The zero-order valence-electron chi connectivity index (χ0n) is 16.1. The fourth-order valence-electron chi connectivity index (χ4n) is 3.45. The van der Waals surface area contributed by atoms with Gasteiger partial charge in [-0.2, -0.15) is 0 Å². The van der Waals surface area contributed by atoms with Gasteiger partial charge in [0, 0.05) is 0 Å². The molecule has 0 aliphatic heterocycles. The number of aliphatic hydroxyl groups excluding tert-OH is 1. The minimum Gasteiger partial charge on any atom is -0.507 e. The van der Waals surface area contributed by atoms with Crippen LogP contribution < -0.4 is 0 Å². The summed E-state index contributed by atoms with van der Waals surface area (Å²) in [5.41, 5.74) is 1.11. The highest BCUT2D eigenvalue weighted by Gasteiger charge is 2.13. The Morgan fingerprint density at radius 2 is 1.20 bits per heavy atom. The Hall–Kier alpha value is -1.06. The van der Waals surface area contributed by atoms with Gasteiger partial charge in [0.2, 0.25) is 0 Å². The lowest BCUT2D eigenvalue weighted by molar-refractivity contribution is -0.0445. The Balaban J connectivity index is 2.00. The monoisotopic (exact) mass is 350 g/mol. The average Bonchev–Trinajstić information content (AvgIpc) is 2.58. The van der Waals surface area contributed by atoms with Crippen LogP contribution in [0.4, 0.5) is 0 Å². The van der Waals surface area contributed by atoms with Crippen molar-refractivity contribution in [3.05, 3.63) is 29.3 Å². The van der Waals surface area contributed by atoms with E-state index in [9.17, 15) is 15.3 Å². The first-order valence-electron chi connectivity index (χ1n) is 10.3. The molecule has 0 heterocycles. The Labute approximate surface area is 154 Å². The Morgan fingerprint density at radius 3 is 1.68 bits per heavy atom. The van der Waals surface area contributed by atoms with Crippen LogP contribution in [-0.2, 0) is 6.42 Å². The molecule has 0 aliphatic carbocycles. The van der Waals surface area contributed by atoms with Gasteiger partial charge in [0.1, 0.15) is 5.75 Å². The van der Waals surface area contributed by atoms with Crippen LogP contribution in [0.2, 0.25) is 0 Å². The molecule has 0 radical (unpaired) electrons. The maximum absolute atomic E-state index is 9.75. The van der Waals surface area contributed by atoms with Gasteiger partial charge in [-0.05, 0) is 24.5 Å². The number of hydrogen-bond donors (Lipinski definition) is 3. The molecule has 1 rings (SSSR count). The first kappa shape index (κ1) is 22.0. The summed E-state index contributed by atoms with van der Waals surface area (Å²) in [6.45, 7) is 2.26. The molecule has 0 saturated heterocycles. The molecule has 25 heavy (non-hydrogen) atoms. The first-order chi connectivity index (χ1) is 12.2. The van der Waals surface area contributed by atoms with Crippen molar-refractivity contribution in [1.82, 2.24) is 0 Å². The normalized spacial score (nSPS) is 11.4. The van der Waals surface area contributed by atoms with Crippen LogP contribution in [0, 0.1) is 0 Å². The van der Waals surface area contributed by atoms with Crippen molar-refractivity contribution in [2.45, 2.75) is 103 Å². The standard InChI is InChI=1S/C22H38O3/c1-2-3-4-5-6-7-8-9-10-11-12-13-14-16-19-17-15-18-20(23)21(19)22(24)25/h15,17-18,22-25H,2-14,16H2,1H3. The molecular weight excluding hydrogens is 312 g/mol. The number of aliphatic hydroxyl groups is 2. The summed E-state index contributed by atoms with van der Waals surface area (Å²) in [6, 6.07) is 5.13. The molecule has 3 nitrogen and oxygen atoms in total. The maximum atomic E-state index is 9.75. The first-order valence-corrected chi connectivity index (χ1v) is 10.3. The predicted octanol–water partition coefficient (Wildman–Crippen LogP) is 6.01. The van der Waals surface area contributed by atoms with E-state index in [1.165, 1.54) is 76.7 Å². The second-order valence-corrected chi connectivity index (χ2v) is 7.22. The van der Waals surface area contributed by atoms with Gasteiger partial charge in [-0.25, -0.2) is 0 Å². The van der Waals surface area contributed by atoms with Crippen LogP contribution in [0.5, 0.6) is 5.75 Å². The molecule has 3 heteroatoms. The lowest BCUT2D eigenvalue weighted by Gasteiger charge is -2.12. The Morgan fingerprint density at radius 1 is 0.720 bits per heavy atom. The predicted molar refractivity (Wildman–Crippen MR) is 105 cm³/mol. The zero-order valence-corrected chi connectivity index (χ0v) is 16.1. The molecular formula is C22H38O3. The summed E-state index contributed by atoms with van der Waals surface area (Å²) in [5.74, 6) is -0.0257. The van der Waals surface area contributed by atoms with E-state index in [0.717, 1.165) is 24.8 Å². The molecule has 0 saturated carbocycles. The summed E-state index contributed by atoms with van der Waals surface area (Å²) in [7, 11) is 0. The van der Waals surface area contributed by atoms with Crippen LogP contribution >= 0.6 is 0 Å². The van der Waals surface area contributed by atoms with E-state index in [-0.39, 0.29) is 11.3 Å². The highest BCUT2D eigenvalue weighted by atomic mass is 16.5. The van der Waals surface area contributed by atoms with Crippen molar-refractivity contribution in [2.24, 2.45) is 0 Å². The summed E-state index contributed by atoms with van der Waals surface area (Å²) >= 11 is 0. The lowest BCUT2D eigenvalue weighted by Crippen LogP contribution is -2.01.